The van der Waals surface area contributed by atoms with Crippen LogP contribution < -0.4 is 10.5 Å². The van der Waals surface area contributed by atoms with Crippen LogP contribution >= 0.6 is 12.4 Å². The van der Waals surface area contributed by atoms with Gasteiger partial charge in [0.15, 0.2) is 6.61 Å². The van der Waals surface area contributed by atoms with Crippen molar-refractivity contribution < 1.29 is 13.7 Å². The van der Waals surface area contributed by atoms with Gasteiger partial charge in [0.2, 0.25) is 11.7 Å². The van der Waals surface area contributed by atoms with Gasteiger partial charge >= 0.3 is 0 Å². The Balaban J connectivity index is 0.00000261. The molecular weight excluding hydrogens is 371 g/mol. The zero-order valence-corrected chi connectivity index (χ0v) is 15.6. The Morgan fingerprint density at radius 1 is 1.04 bits per heavy atom. The molecule has 0 saturated heterocycles. The van der Waals surface area contributed by atoms with Gasteiger partial charge in [-0.1, -0.05) is 35.5 Å². The zero-order valence-electron chi connectivity index (χ0n) is 14.8. The third kappa shape index (κ3) is 6.63. The molecule has 144 valence electrons. The lowest BCUT2D eigenvalue weighted by molar-refractivity contribution is 0.223. The molecular formula is C19H22ClFN4O2. The molecule has 0 fully saturated rings. The first-order valence-corrected chi connectivity index (χ1v) is 8.39. The summed E-state index contributed by atoms with van der Waals surface area (Å²) in [5.74, 6) is 1.19. The average molecular weight is 393 g/mol. The quantitative estimate of drug-likeness (QED) is 0.602. The molecule has 3 aromatic rings. The van der Waals surface area contributed by atoms with Crippen LogP contribution in [0.3, 0.4) is 0 Å². The minimum atomic E-state index is -0.308. The van der Waals surface area contributed by atoms with Crippen molar-refractivity contribution >= 4 is 12.4 Å². The Kier molecular flexibility index (Phi) is 8.19. The fourth-order valence-corrected chi connectivity index (χ4v) is 2.52. The van der Waals surface area contributed by atoms with Crippen molar-refractivity contribution in [1.29, 1.82) is 0 Å². The zero-order chi connectivity index (χ0) is 18.2. The van der Waals surface area contributed by atoms with Gasteiger partial charge in [0.1, 0.15) is 11.6 Å². The minimum absolute atomic E-state index is 0. The van der Waals surface area contributed by atoms with Crippen LogP contribution in [0, 0.1) is 5.82 Å². The van der Waals surface area contributed by atoms with Gasteiger partial charge in [-0.3, -0.25) is 4.90 Å². The van der Waals surface area contributed by atoms with Crippen molar-refractivity contribution in [3.63, 3.8) is 0 Å². The molecule has 0 aliphatic carbocycles. The highest BCUT2D eigenvalue weighted by molar-refractivity contribution is 5.85. The lowest BCUT2D eigenvalue weighted by atomic mass is 10.2. The summed E-state index contributed by atoms with van der Waals surface area (Å²) in [7, 11) is 0. The summed E-state index contributed by atoms with van der Waals surface area (Å²) in [6.07, 6.45) is 0. The SMILES string of the molecule is Cl.NCCN(Cc1ccccc1)Cc1nc(COc2ccc(F)cc2)no1. The van der Waals surface area contributed by atoms with E-state index in [1.165, 1.54) is 17.7 Å². The predicted octanol–water partition coefficient (Wildman–Crippen LogP) is 3.17. The molecule has 0 spiro atoms. The van der Waals surface area contributed by atoms with Crippen LogP contribution in [0.15, 0.2) is 59.1 Å². The lowest BCUT2D eigenvalue weighted by Gasteiger charge is -2.19. The van der Waals surface area contributed by atoms with E-state index in [1.807, 2.05) is 18.2 Å². The van der Waals surface area contributed by atoms with E-state index in [-0.39, 0.29) is 24.8 Å². The maximum atomic E-state index is 12.9. The van der Waals surface area contributed by atoms with Gasteiger partial charge in [0, 0.05) is 19.6 Å². The van der Waals surface area contributed by atoms with Crippen molar-refractivity contribution in [2.45, 2.75) is 19.7 Å². The van der Waals surface area contributed by atoms with E-state index in [2.05, 4.69) is 27.2 Å². The van der Waals surface area contributed by atoms with Crippen LogP contribution in [0.2, 0.25) is 0 Å². The Bertz CT molecular complexity index is 799. The van der Waals surface area contributed by atoms with E-state index < -0.39 is 0 Å². The molecule has 2 N–H and O–H groups in total. The van der Waals surface area contributed by atoms with E-state index in [1.54, 1.807) is 12.1 Å². The highest BCUT2D eigenvalue weighted by Gasteiger charge is 2.13. The largest absolute Gasteiger partial charge is 0.485 e. The maximum absolute atomic E-state index is 12.9. The highest BCUT2D eigenvalue weighted by Crippen LogP contribution is 2.13. The Morgan fingerprint density at radius 3 is 2.48 bits per heavy atom. The van der Waals surface area contributed by atoms with Crippen molar-refractivity contribution in [3.8, 4) is 5.75 Å². The second kappa shape index (κ2) is 10.6. The smallest absolute Gasteiger partial charge is 0.240 e. The standard InChI is InChI=1S/C19H21FN4O2.ClH/c20-16-6-8-17(9-7-16)25-14-18-22-19(26-23-18)13-24(11-10-21)12-15-4-2-1-3-5-15;/h1-9H,10-14,21H2;1H. The van der Waals surface area contributed by atoms with Crippen molar-refractivity contribution in [2.75, 3.05) is 13.1 Å². The summed E-state index contributed by atoms with van der Waals surface area (Å²) in [6.45, 7) is 2.68. The normalized spacial score (nSPS) is 10.6. The second-order valence-electron chi connectivity index (χ2n) is 5.83. The average Bonchev–Trinajstić information content (AvgIpc) is 3.10. The van der Waals surface area contributed by atoms with Gasteiger partial charge < -0.3 is 15.0 Å². The summed E-state index contributed by atoms with van der Waals surface area (Å²) < 4.78 is 23.7. The Labute approximate surface area is 163 Å². The molecule has 0 amide bonds. The first-order valence-electron chi connectivity index (χ1n) is 8.39. The van der Waals surface area contributed by atoms with Crippen molar-refractivity contribution in [2.24, 2.45) is 5.73 Å². The lowest BCUT2D eigenvalue weighted by Crippen LogP contribution is -2.28. The summed E-state index contributed by atoms with van der Waals surface area (Å²) in [4.78, 5) is 6.49. The molecule has 8 heteroatoms. The third-order valence-corrected chi connectivity index (χ3v) is 3.74. The molecule has 27 heavy (non-hydrogen) atoms. The van der Waals surface area contributed by atoms with Gasteiger partial charge in [0.25, 0.3) is 0 Å². The number of nitrogens with two attached hydrogens (primary N) is 1. The van der Waals surface area contributed by atoms with Crippen LogP contribution in [0.4, 0.5) is 4.39 Å². The van der Waals surface area contributed by atoms with Gasteiger partial charge in [-0.2, -0.15) is 4.98 Å². The molecule has 0 bridgehead atoms. The summed E-state index contributed by atoms with van der Waals surface area (Å²) in [5.41, 5.74) is 6.90. The van der Waals surface area contributed by atoms with E-state index in [0.29, 0.717) is 30.6 Å². The summed E-state index contributed by atoms with van der Waals surface area (Å²) in [5, 5.41) is 3.93. The number of ether oxygens (including phenoxy) is 1. The number of hydrogen-bond acceptors (Lipinski definition) is 6. The molecule has 1 heterocycles. The van der Waals surface area contributed by atoms with Crippen LogP contribution in [0.5, 0.6) is 5.75 Å². The number of hydrogen-bond donors (Lipinski definition) is 1. The molecule has 0 unspecified atom stereocenters. The van der Waals surface area contributed by atoms with Crippen LogP contribution in [-0.4, -0.2) is 28.1 Å². The Hall–Kier alpha value is -2.48. The van der Waals surface area contributed by atoms with Crippen LogP contribution in [-0.2, 0) is 19.7 Å². The first kappa shape index (κ1) is 20.8. The number of aromatic nitrogens is 2. The monoisotopic (exact) mass is 392 g/mol. The number of rotatable bonds is 9. The number of benzene rings is 2. The molecule has 0 atom stereocenters. The van der Waals surface area contributed by atoms with Gasteiger partial charge in [-0.05, 0) is 29.8 Å². The van der Waals surface area contributed by atoms with Gasteiger partial charge in [-0.15, -0.1) is 12.4 Å². The number of nitrogens with zero attached hydrogens (tertiary/aromatic N) is 3. The van der Waals surface area contributed by atoms with E-state index in [9.17, 15) is 4.39 Å². The second-order valence-corrected chi connectivity index (χ2v) is 5.83. The predicted molar refractivity (Wildman–Crippen MR) is 102 cm³/mol. The fourth-order valence-electron chi connectivity index (χ4n) is 2.52. The summed E-state index contributed by atoms with van der Waals surface area (Å²) in [6, 6.07) is 15.9. The third-order valence-electron chi connectivity index (χ3n) is 3.74. The van der Waals surface area contributed by atoms with Crippen LogP contribution in [0.1, 0.15) is 17.3 Å². The first-order chi connectivity index (χ1) is 12.7. The maximum Gasteiger partial charge on any atom is 0.240 e. The highest BCUT2D eigenvalue weighted by atomic mass is 35.5. The van der Waals surface area contributed by atoms with E-state index >= 15 is 0 Å². The van der Waals surface area contributed by atoms with Gasteiger partial charge in [-0.25, -0.2) is 4.39 Å². The molecule has 0 radical (unpaired) electrons. The topological polar surface area (TPSA) is 77.4 Å². The van der Waals surface area contributed by atoms with Crippen molar-refractivity contribution in [1.82, 2.24) is 15.0 Å². The van der Waals surface area contributed by atoms with E-state index in [4.69, 9.17) is 15.0 Å². The molecule has 0 saturated carbocycles. The molecule has 3 rings (SSSR count). The molecule has 2 aromatic carbocycles. The van der Waals surface area contributed by atoms with Crippen LogP contribution in [0.25, 0.3) is 0 Å². The van der Waals surface area contributed by atoms with E-state index in [0.717, 1.165) is 13.1 Å². The molecule has 0 aliphatic heterocycles. The molecule has 1 aromatic heterocycles. The summed E-state index contributed by atoms with van der Waals surface area (Å²) >= 11 is 0. The minimum Gasteiger partial charge on any atom is -0.485 e. The Morgan fingerprint density at radius 2 is 1.78 bits per heavy atom. The fraction of sp³-hybridized carbons (Fsp3) is 0.263. The van der Waals surface area contributed by atoms with Gasteiger partial charge in [0.05, 0.1) is 6.54 Å². The molecule has 0 aliphatic rings. The number of halogens is 2. The molecule has 6 nitrogen and oxygen atoms in total. The van der Waals surface area contributed by atoms with Crippen molar-refractivity contribution in [3.05, 3.63) is 77.7 Å².